The molecule has 0 saturated heterocycles. The molecule has 0 aliphatic carbocycles. The summed E-state index contributed by atoms with van der Waals surface area (Å²) < 4.78 is 25.6. The second-order valence-electron chi connectivity index (χ2n) is 4.22. The van der Waals surface area contributed by atoms with Gasteiger partial charge in [0.1, 0.15) is 0 Å². The van der Waals surface area contributed by atoms with Crippen LogP contribution in [0.25, 0.3) is 0 Å². The minimum absolute atomic E-state index is 0.0309. The molecule has 108 valence electrons. The highest BCUT2D eigenvalue weighted by Gasteiger charge is 2.21. The van der Waals surface area contributed by atoms with Gasteiger partial charge < -0.3 is 0 Å². The van der Waals surface area contributed by atoms with Crippen LogP contribution in [0.1, 0.15) is 18.9 Å². The average molecular weight is 296 g/mol. The van der Waals surface area contributed by atoms with Crippen LogP contribution in [-0.4, -0.2) is 30.7 Å². The zero-order chi connectivity index (χ0) is 15.2. The maximum atomic E-state index is 12.2. The van der Waals surface area contributed by atoms with Crippen molar-refractivity contribution in [2.75, 3.05) is 13.1 Å². The van der Waals surface area contributed by atoms with E-state index in [0.29, 0.717) is 18.5 Å². The highest BCUT2D eigenvalue weighted by molar-refractivity contribution is 7.88. The van der Waals surface area contributed by atoms with Crippen LogP contribution in [0.3, 0.4) is 0 Å². The van der Waals surface area contributed by atoms with Gasteiger partial charge in [0.25, 0.3) is 5.69 Å². The number of hydrogen-bond donors (Lipinski definition) is 0. The summed E-state index contributed by atoms with van der Waals surface area (Å²) in [5.41, 5.74) is 0.425. The van der Waals surface area contributed by atoms with Gasteiger partial charge in [-0.3, -0.25) is 10.1 Å². The van der Waals surface area contributed by atoms with E-state index in [1.165, 1.54) is 28.6 Å². The summed E-state index contributed by atoms with van der Waals surface area (Å²) in [6.45, 7) is 2.26. The molecule has 0 aromatic heterocycles. The van der Waals surface area contributed by atoms with Crippen molar-refractivity contribution < 1.29 is 13.3 Å². The van der Waals surface area contributed by atoms with Crippen LogP contribution in [0.5, 0.6) is 0 Å². The zero-order valence-corrected chi connectivity index (χ0v) is 12.0. The maximum absolute atomic E-state index is 12.2. The molecule has 0 spiro atoms. The Morgan fingerprint density at radius 1 is 1.35 bits per heavy atom. The highest BCUT2D eigenvalue weighted by atomic mass is 32.2. The molecule has 0 N–H and O–H groups in total. The van der Waals surface area contributed by atoms with E-state index in [1.807, 2.05) is 6.92 Å². The van der Waals surface area contributed by atoms with Crippen LogP contribution in [0, 0.1) is 22.5 Å². The molecule has 0 unspecified atom stereocenters. The second-order valence-corrected chi connectivity index (χ2v) is 6.19. The SMILES string of the molecule is C#CCN(CCC)S(=O)(=O)Cc1ccc([N+](=O)[O-])cc1. The molecule has 0 heterocycles. The first-order valence-electron chi connectivity index (χ1n) is 6.05. The number of non-ortho nitro benzene ring substituents is 1. The number of rotatable bonds is 7. The third-order valence-electron chi connectivity index (χ3n) is 2.63. The van der Waals surface area contributed by atoms with Crippen molar-refractivity contribution in [2.24, 2.45) is 0 Å². The number of benzene rings is 1. The Bertz CT molecular complexity index is 602. The van der Waals surface area contributed by atoms with Gasteiger partial charge in [-0.05, 0) is 12.0 Å². The van der Waals surface area contributed by atoms with E-state index >= 15 is 0 Å². The Hall–Kier alpha value is -1.91. The quantitative estimate of drug-likeness (QED) is 0.436. The summed E-state index contributed by atoms with van der Waals surface area (Å²) in [6, 6.07) is 5.46. The predicted octanol–water partition coefficient (Wildman–Crippen LogP) is 1.77. The standard InChI is InChI=1S/C13H16N2O4S/c1-3-9-14(10-4-2)20(18,19)11-12-5-7-13(8-6-12)15(16)17/h1,5-8H,4,9-11H2,2H3. The van der Waals surface area contributed by atoms with Gasteiger partial charge in [0.2, 0.25) is 10.0 Å². The lowest BCUT2D eigenvalue weighted by Gasteiger charge is -2.19. The Labute approximate surface area is 118 Å². The molecular weight excluding hydrogens is 280 g/mol. The van der Waals surface area contributed by atoms with E-state index in [9.17, 15) is 18.5 Å². The molecule has 0 amide bonds. The lowest BCUT2D eigenvalue weighted by molar-refractivity contribution is -0.384. The van der Waals surface area contributed by atoms with Crippen molar-refractivity contribution in [3.63, 3.8) is 0 Å². The molecule has 0 fully saturated rings. The highest BCUT2D eigenvalue weighted by Crippen LogP contribution is 2.16. The average Bonchev–Trinajstić information content (AvgIpc) is 2.38. The van der Waals surface area contributed by atoms with E-state index in [2.05, 4.69) is 5.92 Å². The van der Waals surface area contributed by atoms with Gasteiger partial charge in [-0.15, -0.1) is 6.42 Å². The summed E-state index contributed by atoms with van der Waals surface area (Å²) in [7, 11) is -3.51. The molecule has 1 rings (SSSR count). The summed E-state index contributed by atoms with van der Waals surface area (Å²) in [5, 5.41) is 10.5. The second kappa shape index (κ2) is 7.03. The molecule has 1 aromatic carbocycles. The van der Waals surface area contributed by atoms with Crippen LogP contribution in [0.2, 0.25) is 0 Å². The summed E-state index contributed by atoms with van der Waals surface area (Å²) >= 11 is 0. The van der Waals surface area contributed by atoms with Gasteiger partial charge in [0.05, 0.1) is 17.2 Å². The summed E-state index contributed by atoms with van der Waals surface area (Å²) in [6.07, 6.45) is 5.84. The monoisotopic (exact) mass is 296 g/mol. The van der Waals surface area contributed by atoms with Gasteiger partial charge in [-0.2, -0.15) is 4.31 Å². The lowest BCUT2D eigenvalue weighted by atomic mass is 10.2. The smallest absolute Gasteiger partial charge is 0.258 e. The third-order valence-corrected chi connectivity index (χ3v) is 4.43. The van der Waals surface area contributed by atoms with Crippen molar-refractivity contribution in [1.82, 2.24) is 4.31 Å². The number of hydrogen-bond acceptors (Lipinski definition) is 4. The van der Waals surface area contributed by atoms with Crippen molar-refractivity contribution >= 4 is 15.7 Å². The van der Waals surface area contributed by atoms with E-state index in [-0.39, 0.29) is 18.0 Å². The Morgan fingerprint density at radius 2 is 1.95 bits per heavy atom. The number of nitrogens with zero attached hydrogens (tertiary/aromatic N) is 2. The van der Waals surface area contributed by atoms with Crippen LogP contribution in [-0.2, 0) is 15.8 Å². The largest absolute Gasteiger partial charge is 0.269 e. The van der Waals surface area contributed by atoms with Crippen LogP contribution < -0.4 is 0 Å². The Balaban J connectivity index is 2.89. The predicted molar refractivity (Wildman–Crippen MR) is 76.4 cm³/mol. The molecule has 20 heavy (non-hydrogen) atoms. The first-order chi connectivity index (χ1) is 9.40. The molecule has 0 saturated carbocycles. The molecule has 7 heteroatoms. The van der Waals surface area contributed by atoms with Gasteiger partial charge in [-0.1, -0.05) is 25.0 Å². The number of nitro groups is 1. The molecule has 0 atom stereocenters. The van der Waals surface area contributed by atoms with E-state index in [1.54, 1.807) is 0 Å². The van der Waals surface area contributed by atoms with Crippen molar-refractivity contribution in [1.29, 1.82) is 0 Å². The van der Waals surface area contributed by atoms with E-state index < -0.39 is 14.9 Å². The zero-order valence-electron chi connectivity index (χ0n) is 11.2. The van der Waals surface area contributed by atoms with Crippen molar-refractivity contribution in [3.8, 4) is 12.3 Å². The molecule has 0 aliphatic heterocycles. The minimum atomic E-state index is -3.51. The molecule has 0 radical (unpaired) electrons. The van der Waals surface area contributed by atoms with Crippen LogP contribution in [0.15, 0.2) is 24.3 Å². The summed E-state index contributed by atoms with van der Waals surface area (Å²) in [4.78, 5) is 10.0. The topological polar surface area (TPSA) is 80.5 Å². The third kappa shape index (κ3) is 4.33. The van der Waals surface area contributed by atoms with Crippen molar-refractivity contribution in [2.45, 2.75) is 19.1 Å². The van der Waals surface area contributed by atoms with Crippen LogP contribution >= 0.6 is 0 Å². The van der Waals surface area contributed by atoms with Crippen LogP contribution in [0.4, 0.5) is 5.69 Å². The number of nitro benzene ring substituents is 1. The fraction of sp³-hybridized carbons (Fsp3) is 0.385. The normalized spacial score (nSPS) is 11.2. The van der Waals surface area contributed by atoms with E-state index in [4.69, 9.17) is 6.42 Å². The van der Waals surface area contributed by atoms with Gasteiger partial charge in [-0.25, -0.2) is 8.42 Å². The van der Waals surface area contributed by atoms with E-state index in [0.717, 1.165) is 0 Å². The molecule has 1 aromatic rings. The first kappa shape index (κ1) is 16.1. The first-order valence-corrected chi connectivity index (χ1v) is 7.66. The summed E-state index contributed by atoms with van der Waals surface area (Å²) in [5.74, 6) is 2.11. The molecular formula is C13H16N2O4S. The van der Waals surface area contributed by atoms with Crippen molar-refractivity contribution in [3.05, 3.63) is 39.9 Å². The fourth-order valence-corrected chi connectivity index (χ4v) is 3.21. The Morgan fingerprint density at radius 3 is 2.40 bits per heavy atom. The van der Waals surface area contributed by atoms with Gasteiger partial charge in [0.15, 0.2) is 0 Å². The number of sulfonamides is 1. The fourth-order valence-electron chi connectivity index (χ4n) is 1.68. The molecule has 0 aliphatic rings. The number of terminal acetylenes is 1. The minimum Gasteiger partial charge on any atom is -0.258 e. The Kier molecular flexibility index (Phi) is 5.67. The van der Waals surface area contributed by atoms with Gasteiger partial charge >= 0.3 is 0 Å². The molecule has 0 bridgehead atoms. The van der Waals surface area contributed by atoms with Gasteiger partial charge in [0, 0.05) is 18.7 Å². The maximum Gasteiger partial charge on any atom is 0.269 e. The lowest BCUT2D eigenvalue weighted by Crippen LogP contribution is -2.33. The molecule has 6 nitrogen and oxygen atoms in total.